The molecule has 3 nitrogen and oxygen atoms in total. The van der Waals surface area contributed by atoms with Crippen LogP contribution in [0.4, 0.5) is 5.69 Å². The highest BCUT2D eigenvalue weighted by Gasteiger charge is 2.10. The van der Waals surface area contributed by atoms with Crippen molar-refractivity contribution in [1.82, 2.24) is 0 Å². The Kier molecular flexibility index (Phi) is 2.70. The minimum Gasteiger partial charge on any atom is -0.478 e. The van der Waals surface area contributed by atoms with Crippen LogP contribution in [-0.4, -0.2) is 18.1 Å². The van der Waals surface area contributed by atoms with Crippen LogP contribution in [0.15, 0.2) is 24.3 Å². The molecule has 4 heteroatoms. The average molecular weight is 230 g/mol. The first-order chi connectivity index (χ1) is 5.63. The Morgan fingerprint density at radius 2 is 2.08 bits per heavy atom. The summed E-state index contributed by atoms with van der Waals surface area (Å²) in [5, 5.41) is 8.77. The molecule has 1 aromatic carbocycles. The minimum atomic E-state index is -0.920. The third kappa shape index (κ3) is 1.76. The van der Waals surface area contributed by atoms with Gasteiger partial charge in [-0.3, -0.25) is 0 Å². The minimum absolute atomic E-state index is 0.289. The molecule has 0 radical (unpaired) electrons. The van der Waals surface area contributed by atoms with Crippen molar-refractivity contribution in [2.24, 2.45) is 0 Å². The molecule has 0 aliphatic carbocycles. The third-order valence-electron chi connectivity index (χ3n) is 1.47. The number of carboxylic acids is 1. The summed E-state index contributed by atoms with van der Waals surface area (Å²) in [5.74, 6) is -0.920. The van der Waals surface area contributed by atoms with Crippen molar-refractivity contribution in [3.05, 3.63) is 29.8 Å². The molecule has 64 valence electrons. The van der Waals surface area contributed by atoms with Gasteiger partial charge in [0.15, 0.2) is 0 Å². The summed E-state index contributed by atoms with van der Waals surface area (Å²) < 4.78 is 1.59. The highest BCUT2D eigenvalue weighted by molar-refractivity contribution is 9.10. The summed E-state index contributed by atoms with van der Waals surface area (Å²) in [6, 6.07) is 6.79. The average Bonchev–Trinajstić information content (AvgIpc) is 2.04. The van der Waals surface area contributed by atoms with Gasteiger partial charge in [-0.05, 0) is 12.1 Å². The lowest BCUT2D eigenvalue weighted by Crippen LogP contribution is -2.07. The van der Waals surface area contributed by atoms with E-state index < -0.39 is 5.97 Å². The van der Waals surface area contributed by atoms with Gasteiger partial charge in [0.05, 0.1) is 11.3 Å². The zero-order chi connectivity index (χ0) is 9.14. The number of hydrogen-bond donors (Lipinski definition) is 1. The first kappa shape index (κ1) is 9.06. The molecular formula is C8H8BrNO2. The summed E-state index contributed by atoms with van der Waals surface area (Å²) in [5.41, 5.74) is 0.932. The van der Waals surface area contributed by atoms with E-state index in [-0.39, 0.29) is 5.56 Å². The Morgan fingerprint density at radius 3 is 2.50 bits per heavy atom. The van der Waals surface area contributed by atoms with Crippen LogP contribution in [0.5, 0.6) is 0 Å². The molecule has 0 atom stereocenters. The predicted octanol–water partition coefficient (Wildman–Crippen LogP) is 2.13. The van der Waals surface area contributed by atoms with Crippen molar-refractivity contribution in [3.8, 4) is 0 Å². The van der Waals surface area contributed by atoms with E-state index in [0.29, 0.717) is 5.69 Å². The number of carbonyl (C=O) groups is 1. The van der Waals surface area contributed by atoms with Crippen LogP contribution in [0.3, 0.4) is 0 Å². The molecule has 0 unspecified atom stereocenters. The van der Waals surface area contributed by atoms with E-state index in [0.717, 1.165) is 0 Å². The predicted molar refractivity (Wildman–Crippen MR) is 50.7 cm³/mol. The molecule has 1 aromatic rings. The van der Waals surface area contributed by atoms with E-state index in [9.17, 15) is 4.79 Å². The number of hydrogen-bond acceptors (Lipinski definition) is 2. The van der Waals surface area contributed by atoms with Gasteiger partial charge in [-0.15, -0.1) is 0 Å². The maximum absolute atomic E-state index is 10.7. The molecule has 1 N–H and O–H groups in total. The molecule has 0 spiro atoms. The first-order valence-corrected chi connectivity index (χ1v) is 4.05. The Bertz CT molecular complexity index is 299. The SMILES string of the molecule is CN(Br)c1ccccc1C(=O)O. The second kappa shape index (κ2) is 3.58. The van der Waals surface area contributed by atoms with Crippen LogP contribution in [0.2, 0.25) is 0 Å². The summed E-state index contributed by atoms with van der Waals surface area (Å²) in [6.07, 6.45) is 0. The van der Waals surface area contributed by atoms with Gasteiger partial charge in [0, 0.05) is 23.2 Å². The van der Waals surface area contributed by atoms with E-state index in [1.165, 1.54) is 0 Å². The van der Waals surface area contributed by atoms with Gasteiger partial charge in [0.2, 0.25) is 0 Å². The smallest absolute Gasteiger partial charge is 0.337 e. The fraction of sp³-hybridized carbons (Fsp3) is 0.125. The van der Waals surface area contributed by atoms with Crippen LogP contribution >= 0.6 is 16.1 Å². The monoisotopic (exact) mass is 229 g/mol. The molecule has 0 bridgehead atoms. The lowest BCUT2D eigenvalue weighted by atomic mass is 10.2. The molecule has 0 aromatic heterocycles. The van der Waals surface area contributed by atoms with Crippen LogP contribution < -0.4 is 3.93 Å². The Balaban J connectivity index is 3.17. The molecule has 0 heterocycles. The molecule has 12 heavy (non-hydrogen) atoms. The molecular weight excluding hydrogens is 222 g/mol. The second-order valence-electron chi connectivity index (χ2n) is 2.30. The van der Waals surface area contributed by atoms with Crippen molar-refractivity contribution in [3.63, 3.8) is 0 Å². The van der Waals surface area contributed by atoms with E-state index in [4.69, 9.17) is 5.11 Å². The van der Waals surface area contributed by atoms with Gasteiger partial charge in [0.25, 0.3) is 0 Å². The largest absolute Gasteiger partial charge is 0.478 e. The van der Waals surface area contributed by atoms with Gasteiger partial charge in [-0.1, -0.05) is 12.1 Å². The van der Waals surface area contributed by atoms with E-state index in [1.54, 1.807) is 35.2 Å². The highest BCUT2D eigenvalue weighted by atomic mass is 79.9. The molecule has 0 fully saturated rings. The van der Waals surface area contributed by atoms with Crippen LogP contribution in [-0.2, 0) is 0 Å². The van der Waals surface area contributed by atoms with Gasteiger partial charge >= 0.3 is 5.97 Å². The molecule has 0 saturated carbocycles. The normalized spacial score (nSPS) is 9.50. The van der Waals surface area contributed by atoms with Crippen molar-refractivity contribution in [1.29, 1.82) is 0 Å². The lowest BCUT2D eigenvalue weighted by Gasteiger charge is -2.11. The number of halogens is 1. The maximum atomic E-state index is 10.7. The van der Waals surface area contributed by atoms with E-state index >= 15 is 0 Å². The molecule has 0 saturated heterocycles. The van der Waals surface area contributed by atoms with Crippen LogP contribution in [0.25, 0.3) is 0 Å². The standard InChI is InChI=1S/C8H8BrNO2/c1-10(9)7-5-3-2-4-6(7)8(11)12/h2-5H,1H3,(H,11,12). The number of benzene rings is 1. The molecule has 1 rings (SSSR count). The summed E-state index contributed by atoms with van der Waals surface area (Å²) in [6.45, 7) is 0. The molecule has 0 amide bonds. The van der Waals surface area contributed by atoms with Gasteiger partial charge in [0.1, 0.15) is 0 Å². The number of carboxylic acid groups (broad SMARTS) is 1. The van der Waals surface area contributed by atoms with Gasteiger partial charge in [-0.2, -0.15) is 0 Å². The Labute approximate surface area is 79.0 Å². The lowest BCUT2D eigenvalue weighted by molar-refractivity contribution is 0.0698. The van der Waals surface area contributed by atoms with Crippen molar-refractivity contribution in [2.75, 3.05) is 11.0 Å². The highest BCUT2D eigenvalue weighted by Crippen LogP contribution is 2.20. The Morgan fingerprint density at radius 1 is 1.50 bits per heavy atom. The second-order valence-corrected chi connectivity index (χ2v) is 3.36. The third-order valence-corrected chi connectivity index (χ3v) is 1.85. The van der Waals surface area contributed by atoms with E-state index in [1.807, 2.05) is 0 Å². The van der Waals surface area contributed by atoms with E-state index in [2.05, 4.69) is 16.1 Å². The van der Waals surface area contributed by atoms with Crippen molar-refractivity contribution in [2.45, 2.75) is 0 Å². The number of para-hydroxylation sites is 1. The fourth-order valence-corrected chi connectivity index (χ4v) is 1.23. The zero-order valence-corrected chi connectivity index (χ0v) is 8.08. The fourth-order valence-electron chi connectivity index (χ4n) is 0.923. The number of aromatic carboxylic acids is 1. The number of nitrogens with zero attached hydrogens (tertiary/aromatic N) is 1. The zero-order valence-electron chi connectivity index (χ0n) is 6.49. The van der Waals surface area contributed by atoms with Crippen molar-refractivity contribution < 1.29 is 9.90 Å². The topological polar surface area (TPSA) is 40.5 Å². The molecule has 0 aliphatic heterocycles. The number of rotatable bonds is 2. The maximum Gasteiger partial charge on any atom is 0.337 e. The van der Waals surface area contributed by atoms with Crippen LogP contribution in [0.1, 0.15) is 10.4 Å². The summed E-state index contributed by atoms with van der Waals surface area (Å²) in [4.78, 5) is 10.7. The number of anilines is 1. The summed E-state index contributed by atoms with van der Waals surface area (Å²) >= 11 is 3.17. The quantitative estimate of drug-likeness (QED) is 0.791. The van der Waals surface area contributed by atoms with Crippen molar-refractivity contribution >= 4 is 27.8 Å². The van der Waals surface area contributed by atoms with Gasteiger partial charge < -0.3 is 9.03 Å². The van der Waals surface area contributed by atoms with Crippen LogP contribution in [0, 0.1) is 0 Å². The first-order valence-electron chi connectivity index (χ1n) is 3.34. The molecule has 0 aliphatic rings. The summed E-state index contributed by atoms with van der Waals surface area (Å²) in [7, 11) is 1.74. The Hall–Kier alpha value is -1.03. The van der Waals surface area contributed by atoms with Gasteiger partial charge in [-0.25, -0.2) is 4.79 Å².